The second-order valence-electron chi connectivity index (χ2n) is 5.34. The molecule has 1 fully saturated rings. The van der Waals surface area contributed by atoms with E-state index in [9.17, 15) is 0 Å². The van der Waals surface area contributed by atoms with E-state index >= 15 is 0 Å². The van der Waals surface area contributed by atoms with Gasteiger partial charge in [0.05, 0.1) is 0 Å². The Labute approximate surface area is 105 Å². The molecule has 0 saturated heterocycles. The fourth-order valence-corrected chi connectivity index (χ4v) is 2.64. The van der Waals surface area contributed by atoms with Crippen molar-refractivity contribution >= 4 is 0 Å². The molecule has 1 aromatic heterocycles. The zero-order chi connectivity index (χ0) is 12.4. The van der Waals surface area contributed by atoms with Crippen LogP contribution in [0.4, 0.5) is 0 Å². The second-order valence-corrected chi connectivity index (χ2v) is 5.34. The van der Waals surface area contributed by atoms with Gasteiger partial charge in [-0.1, -0.05) is 0 Å². The van der Waals surface area contributed by atoms with E-state index < -0.39 is 0 Å². The number of nitrogens with zero attached hydrogens (tertiary/aromatic N) is 2. The van der Waals surface area contributed by atoms with Crippen molar-refractivity contribution in [2.75, 3.05) is 26.7 Å². The SMILES string of the molecule is Cc1cc(CCN(C)CCN)c(C)n1C1CC1. The Morgan fingerprint density at radius 1 is 1.35 bits per heavy atom. The van der Waals surface area contributed by atoms with Crippen LogP contribution >= 0.6 is 0 Å². The van der Waals surface area contributed by atoms with Crippen molar-refractivity contribution in [3.8, 4) is 0 Å². The topological polar surface area (TPSA) is 34.2 Å². The third-order valence-electron chi connectivity index (χ3n) is 3.77. The van der Waals surface area contributed by atoms with Gasteiger partial charge in [0, 0.05) is 37.1 Å². The lowest BCUT2D eigenvalue weighted by atomic mass is 10.1. The highest BCUT2D eigenvalue weighted by molar-refractivity contribution is 5.28. The summed E-state index contributed by atoms with van der Waals surface area (Å²) in [5, 5.41) is 0. The van der Waals surface area contributed by atoms with E-state index in [4.69, 9.17) is 5.73 Å². The number of aromatic nitrogens is 1. The van der Waals surface area contributed by atoms with Crippen LogP contribution in [0.2, 0.25) is 0 Å². The molecule has 1 aromatic rings. The predicted molar refractivity (Wildman–Crippen MR) is 72.4 cm³/mol. The minimum absolute atomic E-state index is 0.748. The van der Waals surface area contributed by atoms with Gasteiger partial charge < -0.3 is 15.2 Å². The Kier molecular flexibility index (Phi) is 3.89. The van der Waals surface area contributed by atoms with Crippen molar-refractivity contribution in [2.24, 2.45) is 5.73 Å². The summed E-state index contributed by atoms with van der Waals surface area (Å²) in [6.45, 7) is 7.34. The summed E-state index contributed by atoms with van der Waals surface area (Å²) in [4.78, 5) is 2.31. The Balaban J connectivity index is 1.99. The highest BCUT2D eigenvalue weighted by Gasteiger charge is 2.26. The van der Waals surface area contributed by atoms with Crippen LogP contribution in [0.15, 0.2) is 6.07 Å². The molecular formula is C14H25N3. The molecular weight excluding hydrogens is 210 g/mol. The maximum Gasteiger partial charge on any atom is 0.0337 e. The predicted octanol–water partition coefficient (Wildman–Crippen LogP) is 1.87. The van der Waals surface area contributed by atoms with Gasteiger partial charge in [-0.15, -0.1) is 0 Å². The molecule has 0 bridgehead atoms. The van der Waals surface area contributed by atoms with Crippen molar-refractivity contribution < 1.29 is 0 Å². The van der Waals surface area contributed by atoms with Gasteiger partial charge in [0.15, 0.2) is 0 Å². The lowest BCUT2D eigenvalue weighted by molar-refractivity contribution is 0.347. The molecule has 2 N–H and O–H groups in total. The lowest BCUT2D eigenvalue weighted by Gasteiger charge is -2.15. The fraction of sp³-hybridized carbons (Fsp3) is 0.714. The minimum Gasteiger partial charge on any atom is -0.346 e. The molecule has 2 rings (SSSR count). The van der Waals surface area contributed by atoms with Crippen LogP contribution < -0.4 is 5.73 Å². The zero-order valence-corrected chi connectivity index (χ0v) is 11.4. The minimum atomic E-state index is 0.748. The fourth-order valence-electron chi connectivity index (χ4n) is 2.64. The molecule has 1 saturated carbocycles. The van der Waals surface area contributed by atoms with Gasteiger partial charge in [-0.05, 0) is 51.8 Å². The average Bonchev–Trinajstić information content (AvgIpc) is 3.05. The van der Waals surface area contributed by atoms with E-state index in [1.807, 2.05) is 0 Å². The maximum atomic E-state index is 5.56. The zero-order valence-electron chi connectivity index (χ0n) is 11.4. The normalized spacial score (nSPS) is 15.8. The number of hydrogen-bond acceptors (Lipinski definition) is 2. The van der Waals surface area contributed by atoms with Crippen molar-refractivity contribution in [1.29, 1.82) is 0 Å². The van der Waals surface area contributed by atoms with Crippen molar-refractivity contribution in [2.45, 2.75) is 39.2 Å². The van der Waals surface area contributed by atoms with Crippen LogP contribution in [0, 0.1) is 13.8 Å². The summed E-state index contributed by atoms with van der Waals surface area (Å²) in [6, 6.07) is 3.16. The first-order chi connectivity index (χ1) is 8.13. The Morgan fingerprint density at radius 3 is 2.65 bits per heavy atom. The number of nitrogens with two attached hydrogens (primary N) is 1. The van der Waals surface area contributed by atoms with Gasteiger partial charge in [-0.3, -0.25) is 0 Å². The molecule has 0 unspecified atom stereocenters. The quantitative estimate of drug-likeness (QED) is 0.817. The largest absolute Gasteiger partial charge is 0.346 e. The summed E-state index contributed by atoms with van der Waals surface area (Å²) in [7, 11) is 2.15. The molecule has 0 amide bonds. The lowest BCUT2D eigenvalue weighted by Crippen LogP contribution is -2.27. The van der Waals surface area contributed by atoms with Gasteiger partial charge >= 0.3 is 0 Å². The molecule has 3 nitrogen and oxygen atoms in total. The van der Waals surface area contributed by atoms with Gasteiger partial charge in [-0.25, -0.2) is 0 Å². The first kappa shape index (κ1) is 12.7. The first-order valence-electron chi connectivity index (χ1n) is 6.69. The van der Waals surface area contributed by atoms with E-state index in [1.54, 1.807) is 0 Å². The van der Waals surface area contributed by atoms with Gasteiger partial charge in [0.1, 0.15) is 0 Å². The van der Waals surface area contributed by atoms with E-state index in [0.29, 0.717) is 0 Å². The molecule has 1 aliphatic rings. The molecule has 0 atom stereocenters. The molecule has 1 heterocycles. The van der Waals surface area contributed by atoms with Gasteiger partial charge in [0.25, 0.3) is 0 Å². The molecule has 96 valence electrons. The Morgan fingerprint density at radius 2 is 2.06 bits per heavy atom. The van der Waals surface area contributed by atoms with Crippen molar-refractivity contribution in [3.63, 3.8) is 0 Å². The van der Waals surface area contributed by atoms with Gasteiger partial charge in [-0.2, -0.15) is 0 Å². The van der Waals surface area contributed by atoms with Crippen LogP contribution in [0.5, 0.6) is 0 Å². The van der Waals surface area contributed by atoms with Crippen molar-refractivity contribution in [1.82, 2.24) is 9.47 Å². The summed E-state index contributed by atoms with van der Waals surface area (Å²) in [5.41, 5.74) is 9.98. The molecule has 3 heteroatoms. The van der Waals surface area contributed by atoms with Crippen LogP contribution in [0.3, 0.4) is 0 Å². The smallest absolute Gasteiger partial charge is 0.0337 e. The summed E-state index contributed by atoms with van der Waals surface area (Å²) in [5.74, 6) is 0. The van der Waals surface area contributed by atoms with Gasteiger partial charge in [0.2, 0.25) is 0 Å². The molecule has 17 heavy (non-hydrogen) atoms. The van der Waals surface area contributed by atoms with E-state index in [2.05, 4.69) is 36.4 Å². The number of rotatable bonds is 6. The van der Waals surface area contributed by atoms with Crippen LogP contribution in [-0.4, -0.2) is 36.1 Å². The Hall–Kier alpha value is -0.800. The standard InChI is InChI=1S/C14H25N3/c1-11-10-13(6-8-16(3)9-7-15)12(2)17(11)14-4-5-14/h10,14H,4-9,15H2,1-3H3. The maximum absolute atomic E-state index is 5.56. The second kappa shape index (κ2) is 5.23. The Bertz CT molecular complexity index is 377. The highest BCUT2D eigenvalue weighted by atomic mass is 15.1. The molecule has 0 aromatic carbocycles. The van der Waals surface area contributed by atoms with Crippen LogP contribution in [0.25, 0.3) is 0 Å². The van der Waals surface area contributed by atoms with Crippen molar-refractivity contribution in [3.05, 3.63) is 23.0 Å². The number of likely N-dealkylation sites (N-methyl/N-ethyl adjacent to an activating group) is 1. The van der Waals surface area contributed by atoms with Crippen LogP contribution in [0.1, 0.15) is 35.8 Å². The molecule has 1 aliphatic carbocycles. The van der Waals surface area contributed by atoms with E-state index in [-0.39, 0.29) is 0 Å². The third-order valence-corrected chi connectivity index (χ3v) is 3.77. The molecule has 0 aliphatic heterocycles. The third kappa shape index (κ3) is 2.90. The highest BCUT2D eigenvalue weighted by Crippen LogP contribution is 2.38. The van der Waals surface area contributed by atoms with E-state index in [0.717, 1.165) is 32.1 Å². The molecule has 0 spiro atoms. The van der Waals surface area contributed by atoms with E-state index in [1.165, 1.54) is 29.8 Å². The summed E-state index contributed by atoms with van der Waals surface area (Å²) >= 11 is 0. The van der Waals surface area contributed by atoms with Crippen LogP contribution in [-0.2, 0) is 6.42 Å². The number of hydrogen-bond donors (Lipinski definition) is 1. The molecule has 0 radical (unpaired) electrons. The summed E-state index contributed by atoms with van der Waals surface area (Å²) < 4.78 is 2.53. The average molecular weight is 235 g/mol. The summed E-state index contributed by atoms with van der Waals surface area (Å²) in [6.07, 6.45) is 3.87. The monoisotopic (exact) mass is 235 g/mol. The number of aryl methyl sites for hydroxylation is 1. The first-order valence-corrected chi connectivity index (χ1v) is 6.69.